The van der Waals surface area contributed by atoms with Gasteiger partial charge in [0.25, 0.3) is 0 Å². The number of hydrogen-bond donors (Lipinski definition) is 2. The summed E-state index contributed by atoms with van der Waals surface area (Å²) in [5.41, 5.74) is 9.02. The monoisotopic (exact) mass is 335 g/mol. The molecule has 0 fully saturated rings. The Morgan fingerprint density at radius 1 is 1.24 bits per heavy atom. The van der Waals surface area contributed by atoms with E-state index in [1.807, 2.05) is 37.2 Å². The lowest BCUT2D eigenvalue weighted by molar-refractivity contribution is 0.0697. The number of nitrogens with zero attached hydrogens (tertiary/aromatic N) is 2. The normalized spacial score (nSPS) is 15.8. The second-order valence-corrected chi connectivity index (χ2v) is 5.97. The fraction of sp³-hybridized carbons (Fsp3) is 0.158. The molecule has 0 radical (unpaired) electrons. The summed E-state index contributed by atoms with van der Waals surface area (Å²) < 4.78 is 5.65. The van der Waals surface area contributed by atoms with E-state index >= 15 is 0 Å². The van der Waals surface area contributed by atoms with Gasteiger partial charge in [-0.3, -0.25) is 0 Å². The summed E-state index contributed by atoms with van der Waals surface area (Å²) >= 11 is 0. The van der Waals surface area contributed by atoms with Gasteiger partial charge in [0.15, 0.2) is 0 Å². The van der Waals surface area contributed by atoms with E-state index in [0.29, 0.717) is 11.3 Å². The number of nitriles is 1. The zero-order valence-corrected chi connectivity index (χ0v) is 13.9. The Hall–Kier alpha value is -3.46. The zero-order chi connectivity index (χ0) is 18.1. The molecule has 0 bridgehead atoms. The molecule has 3 N–H and O–H groups in total. The molecule has 1 heterocycles. The van der Waals surface area contributed by atoms with E-state index in [2.05, 4.69) is 6.07 Å². The van der Waals surface area contributed by atoms with Gasteiger partial charge in [-0.2, -0.15) is 5.26 Å². The molecule has 1 unspecified atom stereocenters. The van der Waals surface area contributed by atoms with Crippen LogP contribution in [0.3, 0.4) is 0 Å². The number of hydrogen-bond acceptors (Lipinski definition) is 5. The SMILES string of the molecule is CN(C)c1ccc2c(c1)OC(N)=C(C#N)C2c1ccc(C(=O)O)cc1. The summed E-state index contributed by atoms with van der Waals surface area (Å²) in [4.78, 5) is 13.0. The van der Waals surface area contributed by atoms with Crippen molar-refractivity contribution in [3.8, 4) is 11.8 Å². The highest BCUT2D eigenvalue weighted by molar-refractivity contribution is 5.87. The molecule has 1 aliphatic heterocycles. The zero-order valence-electron chi connectivity index (χ0n) is 13.9. The number of aromatic carboxylic acids is 1. The summed E-state index contributed by atoms with van der Waals surface area (Å²) in [6, 6.07) is 14.3. The minimum Gasteiger partial charge on any atom is -0.478 e. The smallest absolute Gasteiger partial charge is 0.335 e. The molecule has 0 aromatic heterocycles. The van der Waals surface area contributed by atoms with Crippen molar-refractivity contribution in [2.75, 3.05) is 19.0 Å². The van der Waals surface area contributed by atoms with Crippen molar-refractivity contribution in [3.63, 3.8) is 0 Å². The minimum absolute atomic E-state index is 0.0678. The number of nitrogens with two attached hydrogens (primary N) is 1. The van der Waals surface area contributed by atoms with Crippen LogP contribution in [0.15, 0.2) is 53.9 Å². The summed E-state index contributed by atoms with van der Waals surface area (Å²) in [6.07, 6.45) is 0. The maximum Gasteiger partial charge on any atom is 0.335 e. The van der Waals surface area contributed by atoms with Crippen molar-refractivity contribution < 1.29 is 14.6 Å². The number of allylic oxidation sites excluding steroid dienone is 1. The van der Waals surface area contributed by atoms with Crippen LogP contribution < -0.4 is 15.4 Å². The van der Waals surface area contributed by atoms with Gasteiger partial charge in [-0.1, -0.05) is 18.2 Å². The average Bonchev–Trinajstić information content (AvgIpc) is 2.60. The van der Waals surface area contributed by atoms with Gasteiger partial charge in [0.05, 0.1) is 11.5 Å². The van der Waals surface area contributed by atoms with Crippen LogP contribution in [-0.2, 0) is 0 Å². The molecule has 1 atom stereocenters. The van der Waals surface area contributed by atoms with Crippen molar-refractivity contribution in [3.05, 3.63) is 70.6 Å². The van der Waals surface area contributed by atoms with Crippen molar-refractivity contribution in [1.82, 2.24) is 0 Å². The molecule has 126 valence electrons. The Morgan fingerprint density at radius 2 is 1.92 bits per heavy atom. The molecule has 2 aromatic carbocycles. The second-order valence-electron chi connectivity index (χ2n) is 5.97. The van der Waals surface area contributed by atoms with Crippen LogP contribution in [0.4, 0.5) is 5.69 Å². The molecule has 3 rings (SSSR count). The third kappa shape index (κ3) is 2.88. The molecule has 25 heavy (non-hydrogen) atoms. The van der Waals surface area contributed by atoms with Crippen LogP contribution in [0.25, 0.3) is 0 Å². The number of rotatable bonds is 3. The number of fused-ring (bicyclic) bond motifs is 1. The highest BCUT2D eigenvalue weighted by Gasteiger charge is 2.30. The number of benzene rings is 2. The number of ether oxygens (including phenoxy) is 1. The molecule has 0 spiro atoms. The maximum absolute atomic E-state index is 11.1. The lowest BCUT2D eigenvalue weighted by Crippen LogP contribution is -2.21. The van der Waals surface area contributed by atoms with Crippen molar-refractivity contribution in [2.24, 2.45) is 5.73 Å². The summed E-state index contributed by atoms with van der Waals surface area (Å²) in [7, 11) is 3.85. The number of anilines is 1. The van der Waals surface area contributed by atoms with Gasteiger partial charge in [-0.15, -0.1) is 0 Å². The maximum atomic E-state index is 11.1. The molecular formula is C19H17N3O3. The third-order valence-electron chi connectivity index (χ3n) is 4.21. The molecular weight excluding hydrogens is 318 g/mol. The topological polar surface area (TPSA) is 99.6 Å². The highest BCUT2D eigenvalue weighted by Crippen LogP contribution is 2.43. The summed E-state index contributed by atoms with van der Waals surface area (Å²) in [5.74, 6) is -0.730. The summed E-state index contributed by atoms with van der Waals surface area (Å²) in [6.45, 7) is 0. The Bertz CT molecular complexity index is 909. The van der Waals surface area contributed by atoms with E-state index in [0.717, 1.165) is 16.8 Å². The Balaban J connectivity index is 2.14. The van der Waals surface area contributed by atoms with Gasteiger partial charge in [0.1, 0.15) is 17.4 Å². The van der Waals surface area contributed by atoms with Gasteiger partial charge in [0, 0.05) is 31.4 Å². The molecule has 0 saturated carbocycles. The lowest BCUT2D eigenvalue weighted by Gasteiger charge is -2.27. The molecule has 2 aromatic rings. The van der Waals surface area contributed by atoms with Gasteiger partial charge >= 0.3 is 5.97 Å². The van der Waals surface area contributed by atoms with E-state index in [9.17, 15) is 10.1 Å². The fourth-order valence-corrected chi connectivity index (χ4v) is 2.88. The largest absolute Gasteiger partial charge is 0.478 e. The first-order chi connectivity index (χ1) is 11.9. The molecule has 1 aliphatic rings. The third-order valence-corrected chi connectivity index (χ3v) is 4.21. The number of carbonyl (C=O) groups is 1. The van der Waals surface area contributed by atoms with Crippen molar-refractivity contribution in [2.45, 2.75) is 5.92 Å². The van der Waals surface area contributed by atoms with E-state index in [1.54, 1.807) is 12.1 Å². The van der Waals surface area contributed by atoms with Crippen LogP contribution in [0.5, 0.6) is 5.75 Å². The van der Waals surface area contributed by atoms with Crippen LogP contribution in [0, 0.1) is 11.3 Å². The number of carboxylic acid groups (broad SMARTS) is 1. The van der Waals surface area contributed by atoms with Gasteiger partial charge < -0.3 is 20.5 Å². The minimum atomic E-state index is -0.995. The molecule has 0 amide bonds. The Labute approximate surface area is 145 Å². The predicted molar refractivity (Wildman–Crippen MR) is 93.5 cm³/mol. The van der Waals surface area contributed by atoms with Crippen LogP contribution in [-0.4, -0.2) is 25.2 Å². The van der Waals surface area contributed by atoms with Gasteiger partial charge in [-0.25, -0.2) is 4.79 Å². The predicted octanol–water partition coefficient (Wildman–Crippen LogP) is 2.67. The fourth-order valence-electron chi connectivity index (χ4n) is 2.88. The quantitative estimate of drug-likeness (QED) is 0.894. The highest BCUT2D eigenvalue weighted by atomic mass is 16.5. The van der Waals surface area contributed by atoms with E-state index in [1.165, 1.54) is 12.1 Å². The van der Waals surface area contributed by atoms with E-state index in [-0.39, 0.29) is 11.4 Å². The van der Waals surface area contributed by atoms with E-state index < -0.39 is 11.9 Å². The first-order valence-electron chi connectivity index (χ1n) is 7.64. The van der Waals surface area contributed by atoms with Crippen LogP contribution in [0.2, 0.25) is 0 Å². The standard InChI is InChI=1S/C19H17N3O3/c1-22(2)13-7-8-14-16(9-13)25-18(21)15(10-20)17(14)11-3-5-12(6-4-11)19(23)24/h3-9,17H,21H2,1-2H3,(H,23,24). The van der Waals surface area contributed by atoms with Crippen molar-refractivity contribution >= 4 is 11.7 Å². The first kappa shape index (κ1) is 16.4. The molecule has 0 saturated heterocycles. The average molecular weight is 335 g/mol. The van der Waals surface area contributed by atoms with E-state index in [4.69, 9.17) is 15.6 Å². The lowest BCUT2D eigenvalue weighted by atomic mass is 9.83. The summed E-state index contributed by atoms with van der Waals surface area (Å²) in [5, 5.41) is 18.6. The van der Waals surface area contributed by atoms with Gasteiger partial charge in [-0.05, 0) is 23.8 Å². The Morgan fingerprint density at radius 3 is 2.48 bits per heavy atom. The van der Waals surface area contributed by atoms with Crippen LogP contribution in [0.1, 0.15) is 27.4 Å². The van der Waals surface area contributed by atoms with Crippen molar-refractivity contribution in [1.29, 1.82) is 5.26 Å². The molecule has 6 heteroatoms. The number of carboxylic acids is 1. The molecule has 6 nitrogen and oxygen atoms in total. The second kappa shape index (κ2) is 6.21. The van der Waals surface area contributed by atoms with Gasteiger partial charge in [0.2, 0.25) is 5.88 Å². The molecule has 0 aliphatic carbocycles. The van der Waals surface area contributed by atoms with Crippen LogP contribution >= 0.6 is 0 Å². The first-order valence-corrected chi connectivity index (χ1v) is 7.64. The Kier molecular flexibility index (Phi) is 4.07.